The lowest BCUT2D eigenvalue weighted by molar-refractivity contribution is -0.117. The summed E-state index contributed by atoms with van der Waals surface area (Å²) in [6, 6.07) is 7.46. The topological polar surface area (TPSA) is 56.0 Å². The Kier molecular flexibility index (Phi) is 3.22. The molecular weight excluding hydrogens is 244 g/mol. The van der Waals surface area contributed by atoms with Crippen LogP contribution >= 0.6 is 22.9 Å². The summed E-state index contributed by atoms with van der Waals surface area (Å²) in [5.41, 5.74) is 6.76. The SMILES string of the molecule is NC(=O)Cc1nc(-c2ccccc2Cl)cs1. The van der Waals surface area contributed by atoms with E-state index in [4.69, 9.17) is 17.3 Å². The number of carbonyl (C=O) groups excluding carboxylic acids is 1. The molecule has 16 heavy (non-hydrogen) atoms. The van der Waals surface area contributed by atoms with Gasteiger partial charge in [0.1, 0.15) is 5.01 Å². The van der Waals surface area contributed by atoms with Crippen LogP contribution in [0.2, 0.25) is 5.02 Å². The van der Waals surface area contributed by atoms with Crippen molar-refractivity contribution in [3.63, 3.8) is 0 Å². The van der Waals surface area contributed by atoms with E-state index in [1.807, 2.05) is 29.6 Å². The molecule has 82 valence electrons. The monoisotopic (exact) mass is 252 g/mol. The fourth-order valence-electron chi connectivity index (χ4n) is 1.33. The van der Waals surface area contributed by atoms with E-state index in [-0.39, 0.29) is 12.3 Å². The minimum atomic E-state index is -0.375. The minimum Gasteiger partial charge on any atom is -0.369 e. The number of carbonyl (C=O) groups is 1. The molecule has 0 saturated carbocycles. The zero-order valence-corrected chi connectivity index (χ0v) is 9.89. The average Bonchev–Trinajstić information content (AvgIpc) is 2.66. The smallest absolute Gasteiger partial charge is 0.224 e. The van der Waals surface area contributed by atoms with Crippen molar-refractivity contribution in [3.05, 3.63) is 39.7 Å². The second kappa shape index (κ2) is 4.63. The molecule has 0 aliphatic rings. The van der Waals surface area contributed by atoms with Crippen molar-refractivity contribution in [1.82, 2.24) is 4.98 Å². The molecule has 0 aliphatic carbocycles. The van der Waals surface area contributed by atoms with E-state index in [0.29, 0.717) is 10.0 Å². The largest absolute Gasteiger partial charge is 0.369 e. The van der Waals surface area contributed by atoms with Gasteiger partial charge in [0.25, 0.3) is 0 Å². The standard InChI is InChI=1S/C11H9ClN2OS/c12-8-4-2-1-3-7(8)9-6-16-11(14-9)5-10(13)15/h1-4,6H,5H2,(H2,13,15). The predicted octanol–water partition coefficient (Wildman–Crippen LogP) is 2.49. The van der Waals surface area contributed by atoms with Gasteiger partial charge in [-0.1, -0.05) is 29.8 Å². The quantitative estimate of drug-likeness (QED) is 0.913. The molecule has 0 aliphatic heterocycles. The number of thiazole rings is 1. The number of benzene rings is 1. The van der Waals surface area contributed by atoms with Gasteiger partial charge in [-0.2, -0.15) is 0 Å². The first-order chi connectivity index (χ1) is 7.66. The molecule has 0 fully saturated rings. The number of rotatable bonds is 3. The van der Waals surface area contributed by atoms with Gasteiger partial charge in [-0.15, -0.1) is 11.3 Å². The fraction of sp³-hybridized carbons (Fsp3) is 0.0909. The summed E-state index contributed by atoms with van der Waals surface area (Å²) in [7, 11) is 0. The van der Waals surface area contributed by atoms with Gasteiger partial charge in [0.2, 0.25) is 5.91 Å². The predicted molar refractivity (Wildman–Crippen MR) is 65.5 cm³/mol. The highest BCUT2D eigenvalue weighted by Gasteiger charge is 2.08. The van der Waals surface area contributed by atoms with Crippen LogP contribution in [-0.4, -0.2) is 10.9 Å². The Bertz CT molecular complexity index is 524. The third-order valence-corrected chi connectivity index (χ3v) is 3.21. The molecule has 0 atom stereocenters. The molecule has 1 aromatic carbocycles. The number of halogens is 1. The Labute approximate surface area is 102 Å². The summed E-state index contributed by atoms with van der Waals surface area (Å²) in [5.74, 6) is -0.375. The summed E-state index contributed by atoms with van der Waals surface area (Å²) in [4.78, 5) is 15.1. The van der Waals surface area contributed by atoms with Crippen LogP contribution in [0.3, 0.4) is 0 Å². The Balaban J connectivity index is 2.32. The third-order valence-electron chi connectivity index (χ3n) is 2.03. The van der Waals surface area contributed by atoms with E-state index in [9.17, 15) is 4.79 Å². The van der Waals surface area contributed by atoms with Crippen molar-refractivity contribution in [3.8, 4) is 11.3 Å². The molecule has 3 nitrogen and oxygen atoms in total. The lowest BCUT2D eigenvalue weighted by Gasteiger charge is -1.98. The van der Waals surface area contributed by atoms with Gasteiger partial charge in [-0.3, -0.25) is 4.79 Å². The van der Waals surface area contributed by atoms with Crippen molar-refractivity contribution in [1.29, 1.82) is 0 Å². The number of aromatic nitrogens is 1. The highest BCUT2D eigenvalue weighted by molar-refractivity contribution is 7.10. The maximum Gasteiger partial charge on any atom is 0.224 e. The van der Waals surface area contributed by atoms with Crippen molar-refractivity contribution < 1.29 is 4.79 Å². The third kappa shape index (κ3) is 2.40. The molecule has 1 aromatic heterocycles. The van der Waals surface area contributed by atoms with E-state index in [2.05, 4.69) is 4.98 Å². The van der Waals surface area contributed by atoms with Crippen molar-refractivity contribution in [2.75, 3.05) is 0 Å². The van der Waals surface area contributed by atoms with Crippen molar-refractivity contribution >= 4 is 28.8 Å². The molecule has 2 N–H and O–H groups in total. The lowest BCUT2D eigenvalue weighted by Crippen LogP contribution is -2.13. The van der Waals surface area contributed by atoms with E-state index < -0.39 is 0 Å². The molecule has 2 aromatic rings. The first kappa shape index (κ1) is 11.1. The molecule has 1 amide bonds. The second-order valence-corrected chi connectivity index (χ2v) is 4.60. The maximum atomic E-state index is 10.7. The molecule has 1 heterocycles. The van der Waals surface area contributed by atoms with E-state index in [1.54, 1.807) is 0 Å². The van der Waals surface area contributed by atoms with Gasteiger partial charge in [0, 0.05) is 16.0 Å². The van der Waals surface area contributed by atoms with Gasteiger partial charge in [0.05, 0.1) is 12.1 Å². The number of hydrogen-bond donors (Lipinski definition) is 1. The summed E-state index contributed by atoms with van der Waals surface area (Å²) in [5, 5.41) is 3.24. The molecular formula is C11H9ClN2OS. The summed E-state index contributed by atoms with van der Waals surface area (Å²) >= 11 is 7.46. The number of amides is 1. The summed E-state index contributed by atoms with van der Waals surface area (Å²) < 4.78 is 0. The highest BCUT2D eigenvalue weighted by atomic mass is 35.5. The first-order valence-corrected chi connectivity index (χ1v) is 5.90. The summed E-state index contributed by atoms with van der Waals surface area (Å²) in [6.07, 6.45) is 0.176. The van der Waals surface area contributed by atoms with Crippen LogP contribution in [0.25, 0.3) is 11.3 Å². The Hall–Kier alpha value is -1.39. The second-order valence-electron chi connectivity index (χ2n) is 3.25. The summed E-state index contributed by atoms with van der Waals surface area (Å²) in [6.45, 7) is 0. The van der Waals surface area contributed by atoms with E-state index in [0.717, 1.165) is 11.3 Å². The first-order valence-electron chi connectivity index (χ1n) is 4.64. The lowest BCUT2D eigenvalue weighted by atomic mass is 10.2. The van der Waals surface area contributed by atoms with Crippen LogP contribution in [0.1, 0.15) is 5.01 Å². The molecule has 0 radical (unpaired) electrons. The van der Waals surface area contributed by atoms with Gasteiger partial charge in [0.15, 0.2) is 0 Å². The van der Waals surface area contributed by atoms with Crippen LogP contribution in [0, 0.1) is 0 Å². The zero-order chi connectivity index (χ0) is 11.5. The number of nitrogens with zero attached hydrogens (tertiary/aromatic N) is 1. The average molecular weight is 253 g/mol. The van der Waals surface area contributed by atoms with Crippen LogP contribution in [0.5, 0.6) is 0 Å². The zero-order valence-electron chi connectivity index (χ0n) is 8.31. The molecule has 2 rings (SSSR count). The van der Waals surface area contributed by atoms with Gasteiger partial charge in [-0.05, 0) is 6.07 Å². The normalized spacial score (nSPS) is 10.3. The number of nitrogens with two attached hydrogens (primary N) is 1. The molecule has 5 heteroatoms. The van der Waals surface area contributed by atoms with Crippen molar-refractivity contribution in [2.45, 2.75) is 6.42 Å². The molecule has 0 unspecified atom stereocenters. The number of hydrogen-bond acceptors (Lipinski definition) is 3. The van der Waals surface area contributed by atoms with Crippen molar-refractivity contribution in [2.24, 2.45) is 5.73 Å². The Morgan fingerprint density at radius 1 is 1.44 bits per heavy atom. The minimum absolute atomic E-state index is 0.176. The van der Waals surface area contributed by atoms with Crippen LogP contribution < -0.4 is 5.73 Å². The Morgan fingerprint density at radius 3 is 2.88 bits per heavy atom. The Morgan fingerprint density at radius 2 is 2.19 bits per heavy atom. The van der Waals surface area contributed by atoms with Crippen LogP contribution in [-0.2, 0) is 11.2 Å². The van der Waals surface area contributed by atoms with E-state index >= 15 is 0 Å². The molecule has 0 saturated heterocycles. The fourth-order valence-corrected chi connectivity index (χ4v) is 2.37. The maximum absolute atomic E-state index is 10.7. The number of primary amides is 1. The molecule has 0 bridgehead atoms. The molecule has 0 spiro atoms. The van der Waals surface area contributed by atoms with E-state index in [1.165, 1.54) is 11.3 Å². The van der Waals surface area contributed by atoms with Crippen LogP contribution in [0.4, 0.5) is 0 Å². The van der Waals surface area contributed by atoms with Gasteiger partial charge in [-0.25, -0.2) is 4.98 Å². The van der Waals surface area contributed by atoms with Crippen LogP contribution in [0.15, 0.2) is 29.6 Å². The van der Waals surface area contributed by atoms with Gasteiger partial charge < -0.3 is 5.73 Å². The highest BCUT2D eigenvalue weighted by Crippen LogP contribution is 2.28. The van der Waals surface area contributed by atoms with Gasteiger partial charge >= 0.3 is 0 Å².